The Bertz CT molecular complexity index is 1490. The first-order valence-corrected chi connectivity index (χ1v) is 11.9. The first kappa shape index (κ1) is 20.9. The Morgan fingerprint density at radius 2 is 1.85 bits per heavy atom. The molecule has 4 aromatic rings. The van der Waals surface area contributed by atoms with Gasteiger partial charge in [0.1, 0.15) is 0 Å². The molecule has 0 radical (unpaired) electrons. The Balaban J connectivity index is 1.27. The summed E-state index contributed by atoms with van der Waals surface area (Å²) in [6.07, 6.45) is 13.1. The van der Waals surface area contributed by atoms with E-state index in [0.717, 1.165) is 51.7 Å². The molecule has 1 aliphatic heterocycles. The second-order valence-electron chi connectivity index (χ2n) is 8.99. The van der Waals surface area contributed by atoms with Gasteiger partial charge in [-0.25, -0.2) is 9.78 Å². The van der Waals surface area contributed by atoms with E-state index in [-0.39, 0.29) is 5.69 Å². The normalized spacial score (nSPS) is 15.7. The molecule has 7 nitrogen and oxygen atoms in total. The van der Waals surface area contributed by atoms with Gasteiger partial charge in [-0.1, -0.05) is 12.1 Å². The highest BCUT2D eigenvalue weighted by molar-refractivity contribution is 6.05. The molecular formula is C27H27N5O2. The van der Waals surface area contributed by atoms with Crippen molar-refractivity contribution in [2.45, 2.75) is 19.3 Å². The number of hydrogen-bond donors (Lipinski definition) is 0. The minimum atomic E-state index is -0.0711. The lowest BCUT2D eigenvalue weighted by molar-refractivity contribution is 0.257. The van der Waals surface area contributed by atoms with Crippen molar-refractivity contribution in [2.24, 2.45) is 7.05 Å². The SMILES string of the molecule is Cn1c(=O)n(C2=CC=C2)c2c3cc(-c4ccc(OCCCN5CCCC5)nc4)ccc3ncc21. The first-order chi connectivity index (χ1) is 16.7. The summed E-state index contributed by atoms with van der Waals surface area (Å²) in [5, 5.41) is 0.941. The van der Waals surface area contributed by atoms with Gasteiger partial charge in [-0.2, -0.15) is 0 Å². The fraction of sp³-hybridized carbons (Fsp3) is 0.296. The van der Waals surface area contributed by atoms with Crippen LogP contribution in [0.25, 0.3) is 38.8 Å². The Hall–Kier alpha value is -3.71. The van der Waals surface area contributed by atoms with Gasteiger partial charge in [0, 0.05) is 36.8 Å². The van der Waals surface area contributed by atoms with Gasteiger partial charge in [-0.15, -0.1) is 0 Å². The van der Waals surface area contributed by atoms with Gasteiger partial charge in [0.2, 0.25) is 5.88 Å². The highest BCUT2D eigenvalue weighted by Gasteiger charge is 2.18. The summed E-state index contributed by atoms with van der Waals surface area (Å²) in [4.78, 5) is 24.6. The van der Waals surface area contributed by atoms with E-state index in [0.29, 0.717) is 12.5 Å². The Morgan fingerprint density at radius 1 is 1.03 bits per heavy atom. The quantitative estimate of drug-likeness (QED) is 0.392. The van der Waals surface area contributed by atoms with Gasteiger partial charge in [-0.05, 0) is 68.3 Å². The largest absolute Gasteiger partial charge is 0.478 e. The molecule has 0 atom stereocenters. The van der Waals surface area contributed by atoms with Crippen LogP contribution in [0.2, 0.25) is 0 Å². The molecule has 1 aliphatic carbocycles. The Kier molecular flexibility index (Phi) is 5.26. The van der Waals surface area contributed by atoms with Gasteiger partial charge >= 0.3 is 5.69 Å². The highest BCUT2D eigenvalue weighted by Crippen LogP contribution is 2.30. The third-order valence-corrected chi connectivity index (χ3v) is 6.81. The minimum Gasteiger partial charge on any atom is -0.478 e. The fourth-order valence-electron chi connectivity index (χ4n) is 4.86. The highest BCUT2D eigenvalue weighted by atomic mass is 16.5. The number of pyridine rings is 2. The maximum atomic E-state index is 12.9. The van der Waals surface area contributed by atoms with E-state index in [1.807, 2.05) is 48.7 Å². The summed E-state index contributed by atoms with van der Waals surface area (Å²) >= 11 is 0. The fourth-order valence-corrected chi connectivity index (χ4v) is 4.86. The topological polar surface area (TPSA) is 65.2 Å². The molecule has 4 heterocycles. The van der Waals surface area contributed by atoms with Crippen molar-refractivity contribution in [3.8, 4) is 17.0 Å². The molecule has 1 saturated heterocycles. The molecule has 3 aromatic heterocycles. The lowest BCUT2D eigenvalue weighted by Crippen LogP contribution is -2.22. The van der Waals surface area contributed by atoms with Crippen LogP contribution >= 0.6 is 0 Å². The Labute approximate surface area is 197 Å². The number of benzene rings is 1. The molecule has 0 N–H and O–H groups in total. The van der Waals surface area contributed by atoms with Crippen molar-refractivity contribution in [3.63, 3.8) is 0 Å². The van der Waals surface area contributed by atoms with Gasteiger partial charge < -0.3 is 9.64 Å². The third-order valence-electron chi connectivity index (χ3n) is 6.81. The second-order valence-corrected chi connectivity index (χ2v) is 8.99. The Morgan fingerprint density at radius 3 is 2.59 bits per heavy atom. The van der Waals surface area contributed by atoms with Crippen LogP contribution in [0.1, 0.15) is 19.3 Å². The van der Waals surface area contributed by atoms with Crippen LogP contribution in [0.4, 0.5) is 0 Å². The van der Waals surface area contributed by atoms with E-state index >= 15 is 0 Å². The molecule has 2 aliphatic rings. The standard InChI is InChI=1S/C27H27N5O2/c1-30-24-18-28-23-10-8-19(16-22(23)26(24)32(27(30)33)21-6-4-7-21)20-9-11-25(29-17-20)34-15-5-14-31-12-2-3-13-31/h4,6-11,16-18H,2-3,5,12-15H2,1H3. The monoisotopic (exact) mass is 453 g/mol. The van der Waals surface area contributed by atoms with Gasteiger partial charge in [-0.3, -0.25) is 14.1 Å². The molecule has 0 bridgehead atoms. The number of fused-ring (bicyclic) bond motifs is 3. The maximum Gasteiger partial charge on any atom is 0.333 e. The van der Waals surface area contributed by atoms with E-state index in [1.54, 1.807) is 22.4 Å². The van der Waals surface area contributed by atoms with Crippen molar-refractivity contribution in [1.82, 2.24) is 24.0 Å². The summed E-state index contributed by atoms with van der Waals surface area (Å²) in [5.41, 5.74) is 5.38. The van der Waals surface area contributed by atoms with Crippen LogP contribution in [-0.2, 0) is 7.05 Å². The third kappa shape index (κ3) is 3.62. The lowest BCUT2D eigenvalue weighted by Gasteiger charge is -2.14. The van der Waals surface area contributed by atoms with E-state index < -0.39 is 0 Å². The number of hydrogen-bond acceptors (Lipinski definition) is 5. The van der Waals surface area contributed by atoms with E-state index in [4.69, 9.17) is 4.74 Å². The molecular weight excluding hydrogens is 426 g/mol. The van der Waals surface area contributed by atoms with Crippen molar-refractivity contribution in [1.29, 1.82) is 0 Å². The lowest BCUT2D eigenvalue weighted by atomic mass is 10.0. The summed E-state index contributed by atoms with van der Waals surface area (Å²) < 4.78 is 9.28. The molecule has 1 fully saturated rings. The molecule has 0 amide bonds. The molecule has 0 spiro atoms. The van der Waals surface area contributed by atoms with Crippen molar-refractivity contribution >= 4 is 27.6 Å². The van der Waals surface area contributed by atoms with Crippen LogP contribution in [0.3, 0.4) is 0 Å². The molecule has 172 valence electrons. The number of ether oxygens (including phenoxy) is 1. The molecule has 7 heteroatoms. The van der Waals surface area contributed by atoms with Gasteiger partial charge in [0.25, 0.3) is 0 Å². The predicted molar refractivity (Wildman–Crippen MR) is 135 cm³/mol. The average molecular weight is 454 g/mol. The zero-order chi connectivity index (χ0) is 23.1. The van der Waals surface area contributed by atoms with E-state index in [2.05, 4.69) is 20.9 Å². The summed E-state index contributed by atoms with van der Waals surface area (Å²) in [6.45, 7) is 4.20. The van der Waals surface area contributed by atoms with Gasteiger partial charge in [0.15, 0.2) is 0 Å². The summed E-state index contributed by atoms with van der Waals surface area (Å²) in [6, 6.07) is 10.1. The number of aromatic nitrogens is 4. The van der Waals surface area contributed by atoms with Crippen LogP contribution in [0.15, 0.2) is 65.7 Å². The minimum absolute atomic E-state index is 0.0711. The number of aryl methyl sites for hydroxylation is 1. The van der Waals surface area contributed by atoms with Crippen LogP contribution < -0.4 is 10.4 Å². The number of imidazole rings is 1. The van der Waals surface area contributed by atoms with E-state index in [1.165, 1.54) is 25.9 Å². The number of rotatable bonds is 7. The van der Waals surface area contributed by atoms with Crippen molar-refractivity contribution in [2.75, 3.05) is 26.2 Å². The van der Waals surface area contributed by atoms with Gasteiger partial charge in [0.05, 0.1) is 35.1 Å². The molecule has 0 saturated carbocycles. The van der Waals surface area contributed by atoms with Crippen molar-refractivity contribution < 1.29 is 4.74 Å². The molecule has 1 aromatic carbocycles. The van der Waals surface area contributed by atoms with Crippen LogP contribution in [0.5, 0.6) is 5.88 Å². The maximum absolute atomic E-state index is 12.9. The zero-order valence-corrected chi connectivity index (χ0v) is 19.3. The summed E-state index contributed by atoms with van der Waals surface area (Å²) in [7, 11) is 1.79. The number of allylic oxidation sites excluding steroid dienone is 4. The van der Waals surface area contributed by atoms with Crippen LogP contribution in [0, 0.1) is 0 Å². The zero-order valence-electron chi connectivity index (χ0n) is 19.3. The predicted octanol–water partition coefficient (Wildman–Crippen LogP) is 4.23. The summed E-state index contributed by atoms with van der Waals surface area (Å²) in [5.74, 6) is 0.649. The average Bonchev–Trinajstić information content (AvgIpc) is 3.44. The second kappa shape index (κ2) is 8.57. The van der Waals surface area contributed by atoms with Crippen LogP contribution in [-0.4, -0.2) is 50.2 Å². The molecule has 6 rings (SSSR count). The molecule has 0 unspecified atom stereocenters. The first-order valence-electron chi connectivity index (χ1n) is 11.9. The molecule has 34 heavy (non-hydrogen) atoms. The number of nitrogens with zero attached hydrogens (tertiary/aromatic N) is 5. The van der Waals surface area contributed by atoms with Crippen molar-refractivity contribution in [3.05, 3.63) is 71.4 Å². The van der Waals surface area contributed by atoms with E-state index in [9.17, 15) is 4.79 Å². The smallest absolute Gasteiger partial charge is 0.333 e. The number of likely N-dealkylation sites (tertiary alicyclic amines) is 1.